The molecular weight excluding hydrogens is 667 g/mol. The van der Waals surface area contributed by atoms with Crippen molar-refractivity contribution in [3.63, 3.8) is 0 Å². The van der Waals surface area contributed by atoms with E-state index in [0.717, 1.165) is 18.9 Å². The topological polar surface area (TPSA) is 187 Å². The third-order valence-corrected chi connectivity index (χ3v) is 10.1. The zero-order valence-electron chi connectivity index (χ0n) is 29.2. The lowest BCUT2D eigenvalue weighted by Gasteiger charge is -2.37. The van der Waals surface area contributed by atoms with E-state index >= 15 is 4.39 Å². The molecule has 0 saturated heterocycles. The second-order valence-corrected chi connectivity index (χ2v) is 14.4. The Labute approximate surface area is 294 Å². The van der Waals surface area contributed by atoms with Gasteiger partial charge in [-0.2, -0.15) is 0 Å². The number of hydrogen-bond acceptors (Lipinski definition) is 8. The number of ether oxygens (including phenoxy) is 1. The number of rotatable bonds is 11. The number of amides is 2. The summed E-state index contributed by atoms with van der Waals surface area (Å²) in [6, 6.07) is 3.80. The van der Waals surface area contributed by atoms with Gasteiger partial charge >= 0.3 is 17.9 Å². The molecule has 2 unspecified atom stereocenters. The number of aromatic nitrogens is 1. The highest BCUT2D eigenvalue weighted by molar-refractivity contribution is 7.99. The number of H-pyrrole nitrogens is 1. The summed E-state index contributed by atoms with van der Waals surface area (Å²) in [7, 11) is 0. The molecule has 0 spiro atoms. The monoisotopic (exact) mass is 710 g/mol. The molecule has 0 bridgehead atoms. The third-order valence-electron chi connectivity index (χ3n) is 9.07. The molecule has 4 rings (SSSR count). The van der Waals surface area contributed by atoms with Crippen molar-refractivity contribution in [2.75, 3.05) is 11.1 Å². The molecule has 1 aliphatic heterocycles. The van der Waals surface area contributed by atoms with Crippen LogP contribution in [0.2, 0.25) is 0 Å². The van der Waals surface area contributed by atoms with Crippen LogP contribution in [0.25, 0.3) is 5.83 Å². The first-order valence-electron chi connectivity index (χ1n) is 16.4. The number of carboxylic acids is 2. The van der Waals surface area contributed by atoms with E-state index in [1.54, 1.807) is 13.8 Å². The zero-order chi connectivity index (χ0) is 37.0. The number of thioether (sulfide) groups is 1. The number of nitrogens with zero attached hydrogens (tertiary/aromatic N) is 1. The molecule has 12 nitrogen and oxygen atoms in total. The van der Waals surface area contributed by atoms with Crippen molar-refractivity contribution in [3.05, 3.63) is 63.0 Å². The predicted molar refractivity (Wildman–Crippen MR) is 188 cm³/mol. The Kier molecular flexibility index (Phi) is 12.1. The standard InChI is InChI=1S/C36H43FN4O8S/c1-16-11-17(2)31(18(3)12-16)49-36(48)27-21(6)30(28(37)29-19(4)20(5)32(40-29)38-22(7)42)41-33(27)39-26(43)9-8-10-50-25-14-23(34(44)45)13-24(15-25)35(46)47/h13-18,31,40H,8-12H2,1-7H3,(H,38,42)(H,44,45)(H,46,47)(H,39,41,43). The van der Waals surface area contributed by atoms with Gasteiger partial charge in [0.15, 0.2) is 5.83 Å². The fourth-order valence-corrected chi connectivity index (χ4v) is 7.53. The number of amidine groups is 1. The lowest BCUT2D eigenvalue weighted by atomic mass is 9.75. The zero-order valence-corrected chi connectivity index (χ0v) is 30.0. The van der Waals surface area contributed by atoms with E-state index in [2.05, 4.69) is 27.5 Å². The van der Waals surface area contributed by atoms with Crippen LogP contribution in [0.4, 0.5) is 10.2 Å². The van der Waals surface area contributed by atoms with E-state index in [1.165, 1.54) is 37.7 Å². The molecule has 2 aliphatic rings. The van der Waals surface area contributed by atoms with Gasteiger partial charge in [-0.1, -0.05) is 20.8 Å². The number of aromatic carboxylic acids is 2. The van der Waals surface area contributed by atoms with Gasteiger partial charge in [0.05, 0.1) is 16.8 Å². The van der Waals surface area contributed by atoms with Crippen LogP contribution in [0.15, 0.2) is 44.9 Å². The molecule has 2 amide bonds. The van der Waals surface area contributed by atoms with Gasteiger partial charge in [-0.05, 0) is 98.4 Å². The van der Waals surface area contributed by atoms with Gasteiger partial charge in [-0.15, -0.1) is 11.8 Å². The Morgan fingerprint density at radius 3 is 2.12 bits per heavy atom. The lowest BCUT2D eigenvalue weighted by molar-refractivity contribution is -0.152. The average Bonchev–Trinajstić information content (AvgIpc) is 3.50. The summed E-state index contributed by atoms with van der Waals surface area (Å²) in [6.45, 7) is 12.5. The van der Waals surface area contributed by atoms with Crippen molar-refractivity contribution in [1.82, 2.24) is 10.3 Å². The number of carbonyl (C=O) groups excluding carboxylic acids is 3. The highest BCUT2D eigenvalue weighted by atomic mass is 32.2. The Balaban J connectivity index is 1.57. The van der Waals surface area contributed by atoms with E-state index in [-0.39, 0.29) is 69.8 Å². The Morgan fingerprint density at radius 2 is 1.56 bits per heavy atom. The van der Waals surface area contributed by atoms with Crippen LogP contribution in [-0.2, 0) is 19.1 Å². The number of anilines is 1. The van der Waals surface area contributed by atoms with Gasteiger partial charge in [-0.3, -0.25) is 9.59 Å². The van der Waals surface area contributed by atoms with Gasteiger partial charge in [0, 0.05) is 18.2 Å². The number of halogens is 1. The molecule has 1 aromatic carbocycles. The van der Waals surface area contributed by atoms with Crippen molar-refractivity contribution in [1.29, 1.82) is 0 Å². The van der Waals surface area contributed by atoms with Crippen LogP contribution < -0.4 is 10.6 Å². The number of carboxylic acid groups (broad SMARTS) is 2. The molecule has 268 valence electrons. The first-order chi connectivity index (χ1) is 23.5. The Hall–Kier alpha value is -4.72. The number of benzene rings is 1. The third kappa shape index (κ3) is 8.70. The van der Waals surface area contributed by atoms with Crippen LogP contribution >= 0.6 is 11.8 Å². The summed E-state index contributed by atoms with van der Waals surface area (Å²) < 4.78 is 22.3. The summed E-state index contributed by atoms with van der Waals surface area (Å²) in [4.78, 5) is 69.3. The van der Waals surface area contributed by atoms with E-state index in [9.17, 15) is 34.2 Å². The van der Waals surface area contributed by atoms with Gasteiger partial charge in [0.25, 0.3) is 0 Å². The van der Waals surface area contributed by atoms with Crippen molar-refractivity contribution >= 4 is 59.0 Å². The molecular formula is C36H43FN4O8S. The van der Waals surface area contributed by atoms with Crippen molar-refractivity contribution < 1.29 is 43.3 Å². The Bertz CT molecular complexity index is 1780. The van der Waals surface area contributed by atoms with E-state index in [0.29, 0.717) is 39.9 Å². The number of allylic oxidation sites excluding steroid dienone is 1. The maximum Gasteiger partial charge on any atom is 0.342 e. The fraction of sp³-hybridized carbons (Fsp3) is 0.444. The highest BCUT2D eigenvalue weighted by Crippen LogP contribution is 2.39. The van der Waals surface area contributed by atoms with Crippen molar-refractivity contribution in [3.8, 4) is 0 Å². The van der Waals surface area contributed by atoms with Crippen LogP contribution in [0.3, 0.4) is 0 Å². The molecule has 2 heterocycles. The molecule has 5 N–H and O–H groups in total. The quantitative estimate of drug-likeness (QED) is 0.0966. The molecule has 1 saturated carbocycles. The van der Waals surface area contributed by atoms with Crippen molar-refractivity contribution in [2.24, 2.45) is 22.7 Å². The minimum Gasteiger partial charge on any atom is -0.478 e. The van der Waals surface area contributed by atoms with E-state index in [1.807, 2.05) is 13.8 Å². The predicted octanol–water partition coefficient (Wildman–Crippen LogP) is 6.66. The number of esters is 1. The second kappa shape index (κ2) is 15.9. The number of aromatic amines is 1. The van der Waals surface area contributed by atoms with Crippen LogP contribution in [0.5, 0.6) is 0 Å². The van der Waals surface area contributed by atoms with Crippen LogP contribution in [0.1, 0.15) is 97.8 Å². The molecule has 2 atom stereocenters. The summed E-state index contributed by atoms with van der Waals surface area (Å²) in [5.74, 6) is -3.62. The minimum atomic E-state index is -1.26. The maximum absolute atomic E-state index is 16.3. The SMILES string of the molecule is CC(=O)Nc1[nH]c(C(F)=C2N=C(NC(=O)CCCSc3cc(C(=O)O)cc(C(=O)O)c3)C(C(=O)OC3C(C)CC(C)CC3C)=C2C)c(C)c1C. The highest BCUT2D eigenvalue weighted by Gasteiger charge is 2.38. The minimum absolute atomic E-state index is 0.0249. The van der Waals surface area contributed by atoms with E-state index < -0.39 is 29.6 Å². The molecule has 50 heavy (non-hydrogen) atoms. The summed E-state index contributed by atoms with van der Waals surface area (Å²) in [6.07, 6.45) is 1.68. The summed E-state index contributed by atoms with van der Waals surface area (Å²) in [5.41, 5.74) is 0.881. The smallest absolute Gasteiger partial charge is 0.342 e. The number of nitrogens with one attached hydrogen (secondary N) is 3. The van der Waals surface area contributed by atoms with Gasteiger partial charge < -0.3 is 30.6 Å². The largest absolute Gasteiger partial charge is 0.478 e. The lowest BCUT2D eigenvalue weighted by Crippen LogP contribution is -2.40. The van der Waals surface area contributed by atoms with Crippen LogP contribution in [-0.4, -0.2) is 62.6 Å². The van der Waals surface area contributed by atoms with Gasteiger partial charge in [-0.25, -0.2) is 23.8 Å². The first-order valence-corrected chi connectivity index (χ1v) is 17.4. The summed E-state index contributed by atoms with van der Waals surface area (Å²) >= 11 is 1.20. The molecule has 14 heteroatoms. The molecule has 1 aromatic heterocycles. The van der Waals surface area contributed by atoms with Crippen LogP contribution in [0, 0.1) is 31.6 Å². The number of aliphatic imine (C=N–C) groups is 1. The maximum atomic E-state index is 16.3. The number of carbonyl (C=O) groups is 5. The van der Waals surface area contributed by atoms with Crippen molar-refractivity contribution in [2.45, 2.75) is 85.1 Å². The number of hydrogen-bond donors (Lipinski definition) is 5. The normalized spacial score (nSPS) is 21.4. The fourth-order valence-electron chi connectivity index (χ4n) is 6.58. The second-order valence-electron chi connectivity index (χ2n) is 13.2. The Morgan fingerprint density at radius 1 is 0.960 bits per heavy atom. The molecule has 2 aromatic rings. The molecule has 1 aliphatic carbocycles. The molecule has 1 fully saturated rings. The molecule has 0 radical (unpaired) electrons. The first kappa shape index (κ1) is 38.1. The average molecular weight is 711 g/mol. The van der Waals surface area contributed by atoms with Gasteiger partial charge in [0.1, 0.15) is 29.0 Å². The van der Waals surface area contributed by atoms with Gasteiger partial charge in [0.2, 0.25) is 11.8 Å². The van der Waals surface area contributed by atoms with E-state index in [4.69, 9.17) is 4.74 Å². The summed E-state index contributed by atoms with van der Waals surface area (Å²) in [5, 5.41) is 24.0.